The Labute approximate surface area is 104 Å². The number of nitrogens with two attached hydrogens (primary N) is 1. The number of anilines is 1. The van der Waals surface area contributed by atoms with E-state index in [-0.39, 0.29) is 0 Å². The van der Waals surface area contributed by atoms with Gasteiger partial charge in [0.25, 0.3) is 0 Å². The molecule has 2 heteroatoms. The Balaban J connectivity index is 2.19. The van der Waals surface area contributed by atoms with Gasteiger partial charge in [-0.2, -0.15) is 0 Å². The van der Waals surface area contributed by atoms with Gasteiger partial charge in [-0.25, -0.2) is 0 Å². The predicted molar refractivity (Wildman–Crippen MR) is 72.0 cm³/mol. The lowest BCUT2D eigenvalue weighted by Gasteiger charge is -2.46. The fourth-order valence-electron chi connectivity index (χ4n) is 3.62. The second-order valence-corrected chi connectivity index (χ2v) is 6.49. The van der Waals surface area contributed by atoms with E-state index in [4.69, 9.17) is 5.73 Å². The molecular weight excluding hydrogens is 208 g/mol. The largest absolute Gasteiger partial charge is 0.399 e. The monoisotopic (exact) mass is 230 g/mol. The molecule has 2 nitrogen and oxygen atoms in total. The Morgan fingerprint density at radius 3 is 2.76 bits per heavy atom. The maximum Gasteiger partial charge on any atom is 0.0320 e. The molecule has 1 aromatic rings. The molecular formula is C15H22N2. The van der Waals surface area contributed by atoms with Crippen molar-refractivity contribution in [2.24, 2.45) is 5.41 Å². The van der Waals surface area contributed by atoms with Crippen LogP contribution in [0.25, 0.3) is 0 Å². The second-order valence-electron chi connectivity index (χ2n) is 6.49. The van der Waals surface area contributed by atoms with Gasteiger partial charge in [0.05, 0.1) is 0 Å². The zero-order chi connectivity index (χ0) is 12.2. The normalized spacial score (nSPS) is 26.6. The van der Waals surface area contributed by atoms with Gasteiger partial charge in [0.15, 0.2) is 0 Å². The van der Waals surface area contributed by atoms with E-state index in [0.29, 0.717) is 11.3 Å². The van der Waals surface area contributed by atoms with Gasteiger partial charge in [-0.1, -0.05) is 13.8 Å². The van der Waals surface area contributed by atoms with Gasteiger partial charge in [-0.15, -0.1) is 0 Å². The van der Waals surface area contributed by atoms with Crippen LogP contribution in [0.1, 0.15) is 42.9 Å². The highest BCUT2D eigenvalue weighted by atomic mass is 15.1. The molecule has 2 N–H and O–H groups in total. The molecule has 0 aromatic heterocycles. The van der Waals surface area contributed by atoms with Crippen LogP contribution in [0.5, 0.6) is 0 Å². The Hall–Kier alpha value is -1.02. The summed E-state index contributed by atoms with van der Waals surface area (Å²) < 4.78 is 0. The molecule has 0 bridgehead atoms. The molecule has 0 fully saturated rings. The van der Waals surface area contributed by atoms with Crippen LogP contribution < -0.4 is 5.73 Å². The van der Waals surface area contributed by atoms with E-state index in [2.05, 4.69) is 37.9 Å². The van der Waals surface area contributed by atoms with Gasteiger partial charge in [0.2, 0.25) is 0 Å². The highest BCUT2D eigenvalue weighted by Crippen LogP contribution is 2.49. The van der Waals surface area contributed by atoms with Crippen LogP contribution in [0.15, 0.2) is 12.1 Å². The van der Waals surface area contributed by atoms with Crippen molar-refractivity contribution in [2.75, 3.05) is 19.3 Å². The zero-order valence-electron chi connectivity index (χ0n) is 11.1. The quantitative estimate of drug-likeness (QED) is 0.694. The van der Waals surface area contributed by atoms with Gasteiger partial charge >= 0.3 is 0 Å². The number of likely N-dealkylation sites (N-methyl/N-ethyl adjacent to an activating group) is 1. The summed E-state index contributed by atoms with van der Waals surface area (Å²) in [5, 5.41) is 0. The second kappa shape index (κ2) is 3.49. The van der Waals surface area contributed by atoms with Crippen molar-refractivity contribution in [1.82, 2.24) is 4.90 Å². The van der Waals surface area contributed by atoms with Gasteiger partial charge in [0.1, 0.15) is 0 Å². The number of hydrogen-bond donors (Lipinski definition) is 1. The van der Waals surface area contributed by atoms with Crippen LogP contribution in [0, 0.1) is 5.41 Å². The van der Waals surface area contributed by atoms with Crippen molar-refractivity contribution < 1.29 is 0 Å². The minimum atomic E-state index is 0.423. The minimum absolute atomic E-state index is 0.423. The molecule has 1 aromatic carbocycles. The number of rotatable bonds is 0. The third-order valence-corrected chi connectivity index (χ3v) is 4.64. The summed E-state index contributed by atoms with van der Waals surface area (Å²) in [6.07, 6.45) is 2.47. The maximum atomic E-state index is 6.02. The summed E-state index contributed by atoms with van der Waals surface area (Å²) in [6, 6.07) is 4.38. The highest BCUT2D eigenvalue weighted by Gasteiger charge is 2.40. The van der Waals surface area contributed by atoms with Crippen LogP contribution >= 0.6 is 0 Å². The van der Waals surface area contributed by atoms with Crippen LogP contribution in [0.2, 0.25) is 0 Å². The number of hydrogen-bond acceptors (Lipinski definition) is 2. The fraction of sp³-hybridized carbons (Fsp3) is 0.600. The number of nitrogens with zero attached hydrogens (tertiary/aromatic N) is 1. The van der Waals surface area contributed by atoms with E-state index < -0.39 is 0 Å². The third kappa shape index (κ3) is 1.66. The minimum Gasteiger partial charge on any atom is -0.399 e. The van der Waals surface area contributed by atoms with Crippen molar-refractivity contribution in [3.05, 3.63) is 28.8 Å². The molecule has 1 aliphatic heterocycles. The average molecular weight is 230 g/mol. The Kier molecular flexibility index (Phi) is 2.27. The first-order valence-corrected chi connectivity index (χ1v) is 6.57. The zero-order valence-corrected chi connectivity index (χ0v) is 11.1. The Morgan fingerprint density at radius 2 is 2.00 bits per heavy atom. The molecule has 0 radical (unpaired) electrons. The van der Waals surface area contributed by atoms with E-state index in [1.54, 1.807) is 5.56 Å². The first kappa shape index (κ1) is 11.1. The number of benzene rings is 1. The molecule has 0 spiro atoms. The molecule has 0 saturated heterocycles. The fourth-order valence-corrected chi connectivity index (χ4v) is 3.62. The summed E-state index contributed by atoms with van der Waals surface area (Å²) >= 11 is 0. The molecule has 1 heterocycles. The van der Waals surface area contributed by atoms with E-state index in [0.717, 1.165) is 12.2 Å². The van der Waals surface area contributed by atoms with Crippen LogP contribution in [-0.2, 0) is 13.0 Å². The molecule has 1 atom stereocenters. The van der Waals surface area contributed by atoms with E-state index >= 15 is 0 Å². The van der Waals surface area contributed by atoms with E-state index in [1.807, 2.05) is 0 Å². The lowest BCUT2D eigenvalue weighted by molar-refractivity contribution is 0.164. The lowest BCUT2D eigenvalue weighted by atomic mass is 9.63. The van der Waals surface area contributed by atoms with Crippen molar-refractivity contribution in [1.29, 1.82) is 0 Å². The molecule has 1 aliphatic carbocycles. The third-order valence-electron chi connectivity index (χ3n) is 4.64. The van der Waals surface area contributed by atoms with Gasteiger partial charge in [-0.3, -0.25) is 0 Å². The summed E-state index contributed by atoms with van der Waals surface area (Å²) in [5.41, 5.74) is 12.0. The van der Waals surface area contributed by atoms with Crippen molar-refractivity contribution >= 4 is 5.69 Å². The van der Waals surface area contributed by atoms with E-state index in [1.165, 1.54) is 30.5 Å². The van der Waals surface area contributed by atoms with E-state index in [9.17, 15) is 0 Å². The number of nitrogen functional groups attached to an aromatic ring is 1. The van der Waals surface area contributed by atoms with Crippen LogP contribution in [0.3, 0.4) is 0 Å². The standard InChI is InChI=1S/C15H22N2/c1-15(2)5-4-10-6-12(16)7-11-8-17(3)9-13(15)14(10)11/h6-7,13H,4-5,8-9,16H2,1-3H3/t13-/m1/s1. The smallest absolute Gasteiger partial charge is 0.0320 e. The Bertz CT molecular complexity index is 462. The number of aryl methyl sites for hydroxylation is 1. The first-order valence-electron chi connectivity index (χ1n) is 6.57. The van der Waals surface area contributed by atoms with Gasteiger partial charge in [0, 0.05) is 24.7 Å². The summed E-state index contributed by atoms with van der Waals surface area (Å²) in [6.45, 7) is 7.08. The average Bonchev–Trinajstić information content (AvgIpc) is 2.22. The molecule has 0 unspecified atom stereocenters. The van der Waals surface area contributed by atoms with Crippen molar-refractivity contribution in [3.63, 3.8) is 0 Å². The lowest BCUT2D eigenvalue weighted by Crippen LogP contribution is -2.41. The first-order chi connectivity index (χ1) is 7.97. The molecule has 92 valence electrons. The van der Waals surface area contributed by atoms with Crippen LogP contribution in [-0.4, -0.2) is 18.5 Å². The summed E-state index contributed by atoms with van der Waals surface area (Å²) in [4.78, 5) is 2.43. The molecule has 3 rings (SSSR count). The molecule has 0 saturated carbocycles. The topological polar surface area (TPSA) is 29.3 Å². The maximum absolute atomic E-state index is 6.02. The van der Waals surface area contributed by atoms with Crippen LogP contribution in [0.4, 0.5) is 5.69 Å². The highest BCUT2D eigenvalue weighted by molar-refractivity contribution is 5.53. The van der Waals surface area contributed by atoms with Gasteiger partial charge < -0.3 is 10.6 Å². The van der Waals surface area contributed by atoms with Crippen molar-refractivity contribution in [2.45, 2.75) is 39.2 Å². The summed E-state index contributed by atoms with van der Waals surface area (Å²) in [5.74, 6) is 0.681. The molecule has 2 aliphatic rings. The predicted octanol–water partition coefficient (Wildman–Crippen LogP) is 2.77. The van der Waals surface area contributed by atoms with Crippen molar-refractivity contribution in [3.8, 4) is 0 Å². The Morgan fingerprint density at radius 1 is 1.29 bits per heavy atom. The molecule has 0 amide bonds. The van der Waals surface area contributed by atoms with Gasteiger partial charge in [-0.05, 0) is 54.1 Å². The summed E-state index contributed by atoms with van der Waals surface area (Å²) in [7, 11) is 2.22. The SMILES string of the molecule is CN1Cc2cc(N)cc3c2[C@@H](C1)C(C)(C)CC3. The molecule has 17 heavy (non-hydrogen) atoms.